The van der Waals surface area contributed by atoms with Crippen molar-refractivity contribution in [3.05, 3.63) is 46.4 Å². The monoisotopic (exact) mass is 362 g/mol. The summed E-state index contributed by atoms with van der Waals surface area (Å²) in [6.07, 6.45) is 0.736. The summed E-state index contributed by atoms with van der Waals surface area (Å²) in [7, 11) is 0. The second-order valence-corrected chi connectivity index (χ2v) is 7.20. The quantitative estimate of drug-likeness (QED) is 0.780. The Morgan fingerprint density at radius 1 is 1.32 bits per heavy atom. The van der Waals surface area contributed by atoms with Crippen LogP contribution in [0.3, 0.4) is 0 Å². The molecule has 1 fully saturated rings. The van der Waals surface area contributed by atoms with Crippen molar-refractivity contribution in [1.29, 1.82) is 0 Å². The minimum atomic E-state index is -0.302. The Morgan fingerprint density at radius 2 is 2.04 bits per heavy atom. The molecule has 1 amide bonds. The van der Waals surface area contributed by atoms with E-state index in [9.17, 15) is 9.59 Å². The summed E-state index contributed by atoms with van der Waals surface area (Å²) in [5.74, 6) is 0.0540. The van der Waals surface area contributed by atoms with E-state index in [-0.39, 0.29) is 16.8 Å². The zero-order valence-electron chi connectivity index (χ0n) is 14.2. The zero-order valence-corrected chi connectivity index (χ0v) is 15.0. The van der Waals surface area contributed by atoms with Crippen LogP contribution in [0, 0.1) is 0 Å². The third kappa shape index (κ3) is 4.52. The highest BCUT2D eigenvalue weighted by Gasteiger charge is 2.25. The van der Waals surface area contributed by atoms with Crippen molar-refractivity contribution in [3.8, 4) is 0 Å². The first-order valence-corrected chi connectivity index (χ1v) is 9.25. The van der Waals surface area contributed by atoms with Gasteiger partial charge in [0.1, 0.15) is 0 Å². The number of rotatable bonds is 6. The molecule has 1 aliphatic rings. The highest BCUT2D eigenvalue weighted by atomic mass is 32.2. The van der Waals surface area contributed by atoms with E-state index in [1.807, 2.05) is 37.3 Å². The summed E-state index contributed by atoms with van der Waals surface area (Å²) in [6, 6.07) is 9.98. The number of benzene rings is 1. The van der Waals surface area contributed by atoms with Crippen LogP contribution in [0.1, 0.15) is 12.5 Å². The molecule has 2 heterocycles. The molecule has 0 aliphatic carbocycles. The highest BCUT2D eigenvalue weighted by Crippen LogP contribution is 2.22. The van der Waals surface area contributed by atoms with Crippen LogP contribution in [0.2, 0.25) is 0 Å². The van der Waals surface area contributed by atoms with Gasteiger partial charge in [-0.05, 0) is 18.9 Å². The number of aryl methyl sites for hydroxylation is 1. The zero-order chi connectivity index (χ0) is 17.6. The molecule has 0 bridgehead atoms. The molecule has 1 atom stereocenters. The van der Waals surface area contributed by atoms with Gasteiger partial charge < -0.3 is 9.64 Å². The molecule has 1 N–H and O–H groups in total. The van der Waals surface area contributed by atoms with Crippen molar-refractivity contribution in [1.82, 2.24) is 19.7 Å². The Kier molecular flexibility index (Phi) is 5.93. The second kappa shape index (κ2) is 8.35. The average molecular weight is 362 g/mol. The highest BCUT2D eigenvalue weighted by molar-refractivity contribution is 8.00. The molecule has 0 spiro atoms. The maximum absolute atomic E-state index is 12.5. The van der Waals surface area contributed by atoms with Crippen LogP contribution >= 0.6 is 11.8 Å². The molecule has 7 nitrogen and oxygen atoms in total. The predicted octanol–water partition coefficient (Wildman–Crippen LogP) is 1.15. The third-order valence-corrected chi connectivity index (χ3v) is 5.22. The summed E-state index contributed by atoms with van der Waals surface area (Å²) < 4.78 is 6.88. The maximum atomic E-state index is 12.5. The largest absolute Gasteiger partial charge is 0.378 e. The van der Waals surface area contributed by atoms with Gasteiger partial charge in [-0.25, -0.2) is 9.89 Å². The number of H-pyrrole nitrogens is 1. The fraction of sp³-hybridized carbons (Fsp3) is 0.471. The smallest absolute Gasteiger partial charge is 0.343 e. The SMILES string of the molecule is CC(Sc1n[nH]c(=O)n1CCc1ccccc1)C(=O)N1CCOCC1. The van der Waals surface area contributed by atoms with Crippen LogP contribution in [-0.4, -0.2) is 57.1 Å². The molecule has 3 rings (SSSR count). The topological polar surface area (TPSA) is 80.2 Å². The third-order valence-electron chi connectivity index (χ3n) is 4.14. The van der Waals surface area contributed by atoms with E-state index in [1.54, 1.807) is 9.47 Å². The normalized spacial score (nSPS) is 16.0. The predicted molar refractivity (Wildman–Crippen MR) is 95.7 cm³/mol. The number of carbonyl (C=O) groups is 1. The summed E-state index contributed by atoms with van der Waals surface area (Å²) in [5.41, 5.74) is 0.911. The lowest BCUT2D eigenvalue weighted by molar-refractivity contribution is -0.134. The van der Waals surface area contributed by atoms with Crippen LogP contribution in [0.4, 0.5) is 0 Å². The van der Waals surface area contributed by atoms with Crippen LogP contribution in [-0.2, 0) is 22.5 Å². The van der Waals surface area contributed by atoms with Crippen molar-refractivity contribution in [2.75, 3.05) is 26.3 Å². The molecule has 25 heavy (non-hydrogen) atoms. The number of nitrogens with one attached hydrogen (secondary N) is 1. The molecule has 2 aromatic rings. The van der Waals surface area contributed by atoms with Gasteiger partial charge in [0.15, 0.2) is 5.16 Å². The van der Waals surface area contributed by atoms with Crippen molar-refractivity contribution >= 4 is 17.7 Å². The van der Waals surface area contributed by atoms with Gasteiger partial charge in [0.2, 0.25) is 5.91 Å². The van der Waals surface area contributed by atoms with Crippen molar-refractivity contribution < 1.29 is 9.53 Å². The van der Waals surface area contributed by atoms with Gasteiger partial charge in [-0.15, -0.1) is 5.10 Å². The molecule has 1 unspecified atom stereocenters. The average Bonchev–Trinajstić information content (AvgIpc) is 3.00. The van der Waals surface area contributed by atoms with Gasteiger partial charge in [-0.3, -0.25) is 9.36 Å². The minimum Gasteiger partial charge on any atom is -0.378 e. The number of carbonyl (C=O) groups excluding carboxylic acids is 1. The molecule has 1 aliphatic heterocycles. The number of aromatic amines is 1. The molecule has 8 heteroatoms. The summed E-state index contributed by atoms with van der Waals surface area (Å²) in [4.78, 5) is 26.4. The van der Waals surface area contributed by atoms with Gasteiger partial charge in [0.05, 0.1) is 18.5 Å². The van der Waals surface area contributed by atoms with E-state index in [1.165, 1.54) is 11.8 Å². The lowest BCUT2D eigenvalue weighted by Gasteiger charge is -2.28. The van der Waals surface area contributed by atoms with Crippen molar-refractivity contribution in [2.24, 2.45) is 0 Å². The fourth-order valence-corrected chi connectivity index (χ4v) is 3.69. The number of amides is 1. The maximum Gasteiger partial charge on any atom is 0.343 e. The molecule has 1 aromatic carbocycles. The van der Waals surface area contributed by atoms with E-state index in [4.69, 9.17) is 4.74 Å². The van der Waals surface area contributed by atoms with Gasteiger partial charge in [-0.2, -0.15) is 0 Å². The molecule has 1 aromatic heterocycles. The molecule has 0 saturated carbocycles. The number of hydrogen-bond acceptors (Lipinski definition) is 5. The van der Waals surface area contributed by atoms with Crippen LogP contribution in [0.5, 0.6) is 0 Å². The number of nitrogens with zero attached hydrogens (tertiary/aromatic N) is 3. The number of ether oxygens (including phenoxy) is 1. The second-order valence-electron chi connectivity index (χ2n) is 5.90. The molecule has 1 saturated heterocycles. The van der Waals surface area contributed by atoms with E-state index >= 15 is 0 Å². The van der Waals surface area contributed by atoms with E-state index in [0.717, 1.165) is 12.0 Å². The molecular formula is C17H22N4O3S. The Balaban J connectivity index is 1.64. The van der Waals surface area contributed by atoms with E-state index in [0.29, 0.717) is 38.0 Å². The lowest BCUT2D eigenvalue weighted by Crippen LogP contribution is -2.44. The lowest BCUT2D eigenvalue weighted by atomic mass is 10.1. The first-order valence-electron chi connectivity index (χ1n) is 8.37. The first kappa shape index (κ1) is 17.8. The molecule has 0 radical (unpaired) electrons. The summed E-state index contributed by atoms with van der Waals surface area (Å²) in [6.45, 7) is 4.76. The van der Waals surface area contributed by atoms with Gasteiger partial charge >= 0.3 is 5.69 Å². The van der Waals surface area contributed by atoms with Crippen LogP contribution < -0.4 is 5.69 Å². The standard InChI is InChI=1S/C17H22N4O3S/c1-13(15(22)20-9-11-24-12-10-20)25-17-19-18-16(23)21(17)8-7-14-5-3-2-4-6-14/h2-6,13H,7-12H2,1H3,(H,18,23). The minimum absolute atomic E-state index is 0.0540. The Labute approximate surface area is 150 Å². The number of thioether (sulfide) groups is 1. The summed E-state index contributed by atoms with van der Waals surface area (Å²) >= 11 is 1.32. The summed E-state index contributed by atoms with van der Waals surface area (Å²) in [5, 5.41) is 6.83. The molecular weight excluding hydrogens is 340 g/mol. The van der Waals surface area contributed by atoms with Gasteiger partial charge in [-0.1, -0.05) is 42.1 Å². The number of hydrogen-bond donors (Lipinski definition) is 1. The van der Waals surface area contributed by atoms with Crippen molar-refractivity contribution in [2.45, 2.75) is 30.3 Å². The van der Waals surface area contributed by atoms with Gasteiger partial charge in [0, 0.05) is 19.6 Å². The number of morpholine rings is 1. The molecule has 134 valence electrons. The van der Waals surface area contributed by atoms with Crippen LogP contribution in [0.25, 0.3) is 0 Å². The Bertz CT molecular complexity index is 753. The number of aromatic nitrogens is 3. The fourth-order valence-electron chi connectivity index (χ4n) is 2.73. The Morgan fingerprint density at radius 3 is 2.76 bits per heavy atom. The first-order chi connectivity index (χ1) is 12.1. The van der Waals surface area contributed by atoms with Crippen LogP contribution in [0.15, 0.2) is 40.3 Å². The Hall–Kier alpha value is -2.06. The van der Waals surface area contributed by atoms with E-state index in [2.05, 4.69) is 10.2 Å². The van der Waals surface area contributed by atoms with Crippen molar-refractivity contribution in [3.63, 3.8) is 0 Å². The van der Waals surface area contributed by atoms with E-state index < -0.39 is 0 Å². The van der Waals surface area contributed by atoms with Gasteiger partial charge in [0.25, 0.3) is 0 Å².